The average molecular weight is 251 g/mol. The molecule has 1 aromatic rings. The number of aromatic hydroxyl groups is 1. The molecular formula is C13H17NO4. The summed E-state index contributed by atoms with van der Waals surface area (Å²) < 4.78 is 0. The van der Waals surface area contributed by atoms with Crippen LogP contribution in [-0.4, -0.2) is 22.1 Å². The maximum Gasteiger partial charge on any atom is 0.303 e. The van der Waals surface area contributed by atoms with Crippen LogP contribution < -0.4 is 5.32 Å². The fourth-order valence-corrected chi connectivity index (χ4v) is 1.57. The van der Waals surface area contributed by atoms with Gasteiger partial charge in [-0.1, -0.05) is 19.1 Å². The van der Waals surface area contributed by atoms with Gasteiger partial charge in [0.05, 0.1) is 0 Å². The van der Waals surface area contributed by atoms with E-state index in [4.69, 9.17) is 10.2 Å². The number of carboxylic acids is 1. The van der Waals surface area contributed by atoms with Gasteiger partial charge in [-0.2, -0.15) is 0 Å². The Kier molecular flexibility index (Phi) is 5.17. The molecular weight excluding hydrogens is 234 g/mol. The molecule has 0 aliphatic heterocycles. The van der Waals surface area contributed by atoms with E-state index in [1.807, 2.05) is 0 Å². The van der Waals surface area contributed by atoms with Crippen molar-refractivity contribution in [2.24, 2.45) is 5.92 Å². The first-order valence-electron chi connectivity index (χ1n) is 5.73. The molecule has 0 radical (unpaired) electrons. The molecule has 3 N–H and O–H groups in total. The Labute approximate surface area is 105 Å². The third kappa shape index (κ3) is 5.34. The second-order valence-electron chi connectivity index (χ2n) is 4.35. The zero-order valence-electron chi connectivity index (χ0n) is 10.2. The minimum atomic E-state index is -0.895. The number of carbonyl (C=O) groups is 2. The second-order valence-corrected chi connectivity index (χ2v) is 4.35. The summed E-state index contributed by atoms with van der Waals surface area (Å²) in [6, 6.07) is 6.54. The van der Waals surface area contributed by atoms with Crippen molar-refractivity contribution in [2.75, 3.05) is 0 Å². The summed E-state index contributed by atoms with van der Waals surface area (Å²) in [6.45, 7) is 2.10. The van der Waals surface area contributed by atoms with Crippen LogP contribution in [0.4, 0.5) is 0 Å². The van der Waals surface area contributed by atoms with Gasteiger partial charge in [-0.25, -0.2) is 0 Å². The Balaban J connectivity index is 2.32. The summed E-state index contributed by atoms with van der Waals surface area (Å²) in [6.07, 6.45) is 0.191. The van der Waals surface area contributed by atoms with E-state index in [1.165, 1.54) is 0 Å². The molecule has 1 rings (SSSR count). The summed E-state index contributed by atoms with van der Waals surface area (Å²) in [5.74, 6) is -1.06. The fraction of sp³-hybridized carbons (Fsp3) is 0.385. The molecule has 5 nitrogen and oxygen atoms in total. The molecule has 1 aromatic carbocycles. The monoisotopic (exact) mass is 251 g/mol. The van der Waals surface area contributed by atoms with Crippen molar-refractivity contribution in [3.05, 3.63) is 29.8 Å². The second kappa shape index (κ2) is 6.64. The zero-order chi connectivity index (χ0) is 13.5. The summed E-state index contributed by atoms with van der Waals surface area (Å²) in [7, 11) is 0. The third-order valence-electron chi connectivity index (χ3n) is 2.48. The number of rotatable bonds is 6. The lowest BCUT2D eigenvalue weighted by atomic mass is 10.0. The van der Waals surface area contributed by atoms with E-state index in [0.29, 0.717) is 6.54 Å². The molecule has 1 unspecified atom stereocenters. The number of phenols is 1. The SMILES string of the molecule is CC(CC(=O)O)CC(=O)NCc1ccc(O)cc1. The normalized spacial score (nSPS) is 11.8. The molecule has 0 fully saturated rings. The highest BCUT2D eigenvalue weighted by molar-refractivity contribution is 5.77. The number of nitrogens with one attached hydrogen (secondary N) is 1. The molecule has 1 atom stereocenters. The minimum Gasteiger partial charge on any atom is -0.508 e. The number of carbonyl (C=O) groups excluding carboxylic acids is 1. The standard InChI is InChI=1S/C13H17NO4/c1-9(7-13(17)18)6-12(16)14-8-10-2-4-11(15)5-3-10/h2-5,9,15H,6-8H2,1H3,(H,14,16)(H,17,18). The van der Waals surface area contributed by atoms with E-state index < -0.39 is 5.97 Å². The van der Waals surface area contributed by atoms with E-state index in [2.05, 4.69) is 5.32 Å². The number of hydrogen-bond acceptors (Lipinski definition) is 3. The number of amides is 1. The zero-order valence-corrected chi connectivity index (χ0v) is 10.2. The molecule has 1 amide bonds. The van der Waals surface area contributed by atoms with Gasteiger partial charge in [-0.3, -0.25) is 9.59 Å². The van der Waals surface area contributed by atoms with Crippen molar-refractivity contribution in [2.45, 2.75) is 26.3 Å². The van der Waals surface area contributed by atoms with Crippen LogP contribution in [-0.2, 0) is 16.1 Å². The number of phenolic OH excluding ortho intramolecular Hbond substituents is 1. The molecule has 18 heavy (non-hydrogen) atoms. The van der Waals surface area contributed by atoms with Crippen LogP contribution in [0.2, 0.25) is 0 Å². The number of benzene rings is 1. The molecule has 0 saturated carbocycles. The van der Waals surface area contributed by atoms with Gasteiger partial charge in [0, 0.05) is 19.4 Å². The predicted octanol–water partition coefficient (Wildman–Crippen LogP) is 1.51. The summed E-state index contributed by atoms with van der Waals surface area (Å²) in [4.78, 5) is 22.0. The van der Waals surface area contributed by atoms with Crippen LogP contribution in [0.5, 0.6) is 5.75 Å². The van der Waals surface area contributed by atoms with Crippen LogP contribution in [0, 0.1) is 5.92 Å². The lowest BCUT2D eigenvalue weighted by Gasteiger charge is -2.09. The number of hydrogen-bond donors (Lipinski definition) is 3. The van der Waals surface area contributed by atoms with Gasteiger partial charge >= 0.3 is 5.97 Å². The van der Waals surface area contributed by atoms with Crippen LogP contribution in [0.25, 0.3) is 0 Å². The molecule has 0 aliphatic carbocycles. The third-order valence-corrected chi connectivity index (χ3v) is 2.48. The van der Waals surface area contributed by atoms with Gasteiger partial charge in [0.2, 0.25) is 5.91 Å². The highest BCUT2D eigenvalue weighted by Crippen LogP contribution is 2.10. The Morgan fingerprint density at radius 2 is 1.83 bits per heavy atom. The number of aliphatic carboxylic acids is 1. The van der Waals surface area contributed by atoms with E-state index in [-0.39, 0.29) is 30.4 Å². The molecule has 0 aliphatic rings. The topological polar surface area (TPSA) is 86.6 Å². The van der Waals surface area contributed by atoms with Crippen molar-refractivity contribution in [1.82, 2.24) is 5.32 Å². The summed E-state index contributed by atoms with van der Waals surface area (Å²) in [5.41, 5.74) is 0.882. The van der Waals surface area contributed by atoms with Gasteiger partial charge in [0.1, 0.15) is 5.75 Å². The van der Waals surface area contributed by atoms with Gasteiger partial charge in [0.25, 0.3) is 0 Å². The minimum absolute atomic E-state index is 0.00731. The quantitative estimate of drug-likeness (QED) is 0.715. The van der Waals surface area contributed by atoms with Crippen molar-refractivity contribution < 1.29 is 19.8 Å². The lowest BCUT2D eigenvalue weighted by Crippen LogP contribution is -2.25. The summed E-state index contributed by atoms with van der Waals surface area (Å²) >= 11 is 0. The fourth-order valence-electron chi connectivity index (χ4n) is 1.57. The van der Waals surface area contributed by atoms with Crippen LogP contribution in [0.3, 0.4) is 0 Å². The first-order valence-corrected chi connectivity index (χ1v) is 5.73. The Hall–Kier alpha value is -2.04. The molecule has 0 spiro atoms. The van der Waals surface area contributed by atoms with Crippen molar-refractivity contribution in [1.29, 1.82) is 0 Å². The van der Waals surface area contributed by atoms with Gasteiger partial charge in [-0.15, -0.1) is 0 Å². The predicted molar refractivity (Wildman–Crippen MR) is 66.0 cm³/mol. The smallest absolute Gasteiger partial charge is 0.303 e. The van der Waals surface area contributed by atoms with Crippen molar-refractivity contribution in [3.63, 3.8) is 0 Å². The largest absolute Gasteiger partial charge is 0.508 e. The maximum atomic E-state index is 11.5. The first-order chi connectivity index (χ1) is 8.47. The van der Waals surface area contributed by atoms with Crippen LogP contribution in [0.15, 0.2) is 24.3 Å². The highest BCUT2D eigenvalue weighted by atomic mass is 16.4. The van der Waals surface area contributed by atoms with Gasteiger partial charge < -0.3 is 15.5 Å². The Morgan fingerprint density at radius 1 is 1.22 bits per heavy atom. The van der Waals surface area contributed by atoms with Gasteiger partial charge in [-0.05, 0) is 23.6 Å². The average Bonchev–Trinajstić information content (AvgIpc) is 2.27. The molecule has 0 saturated heterocycles. The van der Waals surface area contributed by atoms with E-state index in [1.54, 1.807) is 31.2 Å². The van der Waals surface area contributed by atoms with E-state index >= 15 is 0 Å². The molecule has 0 aromatic heterocycles. The molecule has 5 heteroatoms. The van der Waals surface area contributed by atoms with Gasteiger partial charge in [0.15, 0.2) is 0 Å². The Morgan fingerprint density at radius 3 is 2.39 bits per heavy atom. The Bertz CT molecular complexity index is 414. The van der Waals surface area contributed by atoms with Crippen molar-refractivity contribution >= 4 is 11.9 Å². The first kappa shape index (κ1) is 14.0. The number of carboxylic acid groups (broad SMARTS) is 1. The van der Waals surface area contributed by atoms with E-state index in [0.717, 1.165) is 5.56 Å². The van der Waals surface area contributed by atoms with Crippen molar-refractivity contribution in [3.8, 4) is 5.75 Å². The highest BCUT2D eigenvalue weighted by Gasteiger charge is 2.12. The molecule has 0 bridgehead atoms. The summed E-state index contributed by atoms with van der Waals surface area (Å²) in [5, 5.41) is 20.4. The van der Waals surface area contributed by atoms with E-state index in [9.17, 15) is 9.59 Å². The molecule has 98 valence electrons. The maximum absolute atomic E-state index is 11.5. The van der Waals surface area contributed by atoms with Crippen LogP contribution in [0.1, 0.15) is 25.3 Å². The van der Waals surface area contributed by atoms with Crippen LogP contribution >= 0.6 is 0 Å². The molecule has 0 heterocycles. The lowest BCUT2D eigenvalue weighted by molar-refractivity contribution is -0.138.